The van der Waals surface area contributed by atoms with Crippen LogP contribution in [0, 0.1) is 5.92 Å². The highest BCUT2D eigenvalue weighted by Gasteiger charge is 2.21. The van der Waals surface area contributed by atoms with Crippen molar-refractivity contribution in [1.29, 1.82) is 0 Å². The molecule has 0 saturated heterocycles. The van der Waals surface area contributed by atoms with E-state index in [1.807, 2.05) is 48.7 Å². The highest BCUT2D eigenvalue weighted by molar-refractivity contribution is 7.09. The van der Waals surface area contributed by atoms with Crippen LogP contribution in [0.25, 0.3) is 0 Å². The zero-order valence-electron chi connectivity index (χ0n) is 12.3. The fraction of sp³-hybridized carbons (Fsp3) is 0.312. The molecule has 2 rings (SSSR count). The van der Waals surface area contributed by atoms with Crippen LogP contribution in [0.4, 0.5) is 5.69 Å². The van der Waals surface area contributed by atoms with Gasteiger partial charge in [-0.15, -0.1) is 11.3 Å². The number of amides is 1. The average Bonchev–Trinajstić information content (AvgIpc) is 3.04. The van der Waals surface area contributed by atoms with E-state index in [0.717, 1.165) is 16.3 Å². The van der Waals surface area contributed by atoms with Gasteiger partial charge in [-0.2, -0.15) is 0 Å². The summed E-state index contributed by atoms with van der Waals surface area (Å²) in [5.74, 6) is 0.609. The third-order valence-corrected chi connectivity index (χ3v) is 4.18. The van der Waals surface area contributed by atoms with Crippen LogP contribution >= 0.6 is 11.3 Å². The third kappa shape index (κ3) is 3.83. The highest BCUT2D eigenvalue weighted by Crippen LogP contribution is 2.24. The predicted octanol–water partition coefficient (Wildman–Crippen LogP) is 2.88. The number of hydrogen-bond donors (Lipinski definition) is 1. The molecule has 1 aromatic heterocycles. The molecule has 1 amide bonds. The second kappa shape index (κ2) is 7.24. The normalized spacial score (nSPS) is 12.0. The van der Waals surface area contributed by atoms with Crippen molar-refractivity contribution in [2.75, 3.05) is 18.6 Å². The molecule has 0 aliphatic carbocycles. The van der Waals surface area contributed by atoms with E-state index in [1.165, 1.54) is 0 Å². The molecule has 1 aromatic carbocycles. The van der Waals surface area contributed by atoms with Crippen molar-refractivity contribution < 1.29 is 9.53 Å². The maximum Gasteiger partial charge on any atom is 0.231 e. The van der Waals surface area contributed by atoms with E-state index >= 15 is 0 Å². The van der Waals surface area contributed by atoms with Crippen molar-refractivity contribution in [3.63, 3.8) is 0 Å². The topological polar surface area (TPSA) is 55.6 Å². The number of nitrogens with two attached hydrogens (primary N) is 1. The van der Waals surface area contributed by atoms with Crippen LogP contribution in [0.15, 0.2) is 41.8 Å². The van der Waals surface area contributed by atoms with Gasteiger partial charge in [0, 0.05) is 23.0 Å². The first-order chi connectivity index (χ1) is 10.2. The Morgan fingerprint density at radius 2 is 2.05 bits per heavy atom. The molecule has 1 atom stereocenters. The fourth-order valence-electron chi connectivity index (χ4n) is 1.98. The minimum atomic E-state index is -0.202. The van der Waals surface area contributed by atoms with Crippen LogP contribution < -0.4 is 15.4 Å². The Balaban J connectivity index is 2.27. The van der Waals surface area contributed by atoms with E-state index in [2.05, 4.69) is 0 Å². The fourth-order valence-corrected chi connectivity index (χ4v) is 2.68. The van der Waals surface area contributed by atoms with Gasteiger partial charge < -0.3 is 15.4 Å². The second-order valence-corrected chi connectivity index (χ2v) is 5.87. The van der Waals surface area contributed by atoms with Gasteiger partial charge in [0.05, 0.1) is 13.7 Å². The smallest absolute Gasteiger partial charge is 0.231 e. The molecule has 0 aliphatic rings. The Morgan fingerprint density at radius 3 is 2.57 bits per heavy atom. The molecule has 0 spiro atoms. The summed E-state index contributed by atoms with van der Waals surface area (Å²) in [6.45, 7) is 2.76. The van der Waals surface area contributed by atoms with E-state index in [1.54, 1.807) is 23.3 Å². The number of ether oxygens (including phenoxy) is 1. The summed E-state index contributed by atoms with van der Waals surface area (Å²) < 4.78 is 5.16. The van der Waals surface area contributed by atoms with Gasteiger partial charge in [-0.05, 0) is 35.7 Å². The summed E-state index contributed by atoms with van der Waals surface area (Å²) >= 11 is 1.64. The molecule has 0 saturated carbocycles. The summed E-state index contributed by atoms with van der Waals surface area (Å²) in [5, 5.41) is 2.01. The predicted molar refractivity (Wildman–Crippen MR) is 86.7 cm³/mol. The molecule has 21 heavy (non-hydrogen) atoms. The molecule has 1 heterocycles. The maximum atomic E-state index is 12.6. The summed E-state index contributed by atoms with van der Waals surface area (Å²) in [5.41, 5.74) is 6.50. The number of rotatable bonds is 6. The Bertz CT molecular complexity index is 566. The molecular formula is C16H20N2O2S. The van der Waals surface area contributed by atoms with Gasteiger partial charge >= 0.3 is 0 Å². The maximum absolute atomic E-state index is 12.6. The van der Waals surface area contributed by atoms with E-state index in [0.29, 0.717) is 13.1 Å². The lowest BCUT2D eigenvalue weighted by Gasteiger charge is -2.25. The molecule has 0 aliphatic heterocycles. The zero-order chi connectivity index (χ0) is 15.2. The summed E-state index contributed by atoms with van der Waals surface area (Å²) in [6.07, 6.45) is 0. The molecule has 0 fully saturated rings. The quantitative estimate of drug-likeness (QED) is 0.893. The minimum Gasteiger partial charge on any atom is -0.497 e. The van der Waals surface area contributed by atoms with E-state index in [9.17, 15) is 4.79 Å². The number of methoxy groups -OCH3 is 1. The monoisotopic (exact) mass is 304 g/mol. The number of hydrogen-bond acceptors (Lipinski definition) is 4. The van der Waals surface area contributed by atoms with Gasteiger partial charge in [-0.3, -0.25) is 4.79 Å². The van der Waals surface area contributed by atoms with Crippen LogP contribution in [-0.2, 0) is 11.3 Å². The number of carbonyl (C=O) groups is 1. The lowest BCUT2D eigenvalue weighted by atomic mass is 10.1. The lowest BCUT2D eigenvalue weighted by Crippen LogP contribution is -2.37. The van der Waals surface area contributed by atoms with E-state index in [4.69, 9.17) is 10.5 Å². The first-order valence-corrected chi connectivity index (χ1v) is 7.71. The van der Waals surface area contributed by atoms with Crippen LogP contribution in [0.5, 0.6) is 5.75 Å². The number of thiophene rings is 1. The summed E-state index contributed by atoms with van der Waals surface area (Å²) in [6, 6.07) is 11.5. The van der Waals surface area contributed by atoms with Gasteiger partial charge in [-0.25, -0.2) is 0 Å². The Morgan fingerprint density at radius 1 is 1.33 bits per heavy atom. The van der Waals surface area contributed by atoms with Crippen molar-refractivity contribution in [2.24, 2.45) is 11.7 Å². The Kier molecular flexibility index (Phi) is 5.36. The first kappa shape index (κ1) is 15.5. The van der Waals surface area contributed by atoms with Crippen LogP contribution in [0.2, 0.25) is 0 Å². The Labute approximate surface area is 129 Å². The van der Waals surface area contributed by atoms with Crippen LogP contribution in [0.1, 0.15) is 11.8 Å². The molecular weight excluding hydrogens is 284 g/mol. The van der Waals surface area contributed by atoms with Gasteiger partial charge in [0.25, 0.3) is 0 Å². The van der Waals surface area contributed by atoms with Crippen molar-refractivity contribution >= 4 is 22.9 Å². The molecule has 2 aromatic rings. The lowest BCUT2D eigenvalue weighted by molar-refractivity contribution is -0.121. The second-order valence-electron chi connectivity index (χ2n) is 4.84. The number of benzene rings is 1. The molecule has 112 valence electrons. The highest BCUT2D eigenvalue weighted by atomic mass is 32.1. The first-order valence-electron chi connectivity index (χ1n) is 6.83. The molecule has 1 unspecified atom stereocenters. The van der Waals surface area contributed by atoms with Gasteiger partial charge in [0.2, 0.25) is 5.91 Å². The van der Waals surface area contributed by atoms with Crippen molar-refractivity contribution in [1.82, 2.24) is 0 Å². The van der Waals surface area contributed by atoms with Gasteiger partial charge in [-0.1, -0.05) is 13.0 Å². The van der Waals surface area contributed by atoms with Crippen LogP contribution in [-0.4, -0.2) is 19.6 Å². The SMILES string of the molecule is COc1ccc(N(Cc2cccs2)C(=O)C(C)CN)cc1. The molecule has 0 radical (unpaired) electrons. The van der Waals surface area contributed by atoms with Crippen molar-refractivity contribution in [2.45, 2.75) is 13.5 Å². The Hall–Kier alpha value is -1.85. The van der Waals surface area contributed by atoms with Crippen molar-refractivity contribution in [3.8, 4) is 5.75 Å². The summed E-state index contributed by atoms with van der Waals surface area (Å²) in [7, 11) is 1.63. The van der Waals surface area contributed by atoms with E-state index < -0.39 is 0 Å². The molecule has 4 nitrogen and oxygen atoms in total. The third-order valence-electron chi connectivity index (χ3n) is 3.32. The largest absolute Gasteiger partial charge is 0.497 e. The molecule has 0 bridgehead atoms. The van der Waals surface area contributed by atoms with E-state index in [-0.39, 0.29) is 11.8 Å². The molecule has 2 N–H and O–H groups in total. The van der Waals surface area contributed by atoms with Crippen LogP contribution in [0.3, 0.4) is 0 Å². The average molecular weight is 304 g/mol. The van der Waals surface area contributed by atoms with Crippen molar-refractivity contribution in [3.05, 3.63) is 46.7 Å². The standard InChI is InChI=1S/C16H20N2O2S/c1-12(10-17)16(19)18(11-15-4-3-9-21-15)13-5-7-14(20-2)8-6-13/h3-9,12H,10-11,17H2,1-2H3. The van der Waals surface area contributed by atoms with Gasteiger partial charge in [0.1, 0.15) is 5.75 Å². The molecule has 5 heteroatoms. The van der Waals surface area contributed by atoms with Gasteiger partial charge in [0.15, 0.2) is 0 Å². The summed E-state index contributed by atoms with van der Waals surface area (Å²) in [4.78, 5) is 15.5. The number of carbonyl (C=O) groups excluding carboxylic acids is 1. The zero-order valence-corrected chi connectivity index (χ0v) is 13.1. The minimum absolute atomic E-state index is 0.0380. The number of nitrogens with zero attached hydrogens (tertiary/aromatic N) is 1. The number of anilines is 1.